The van der Waals surface area contributed by atoms with Crippen molar-refractivity contribution in [3.63, 3.8) is 0 Å². The quantitative estimate of drug-likeness (QED) is 0.626. The predicted molar refractivity (Wildman–Crippen MR) is 96.4 cm³/mol. The van der Waals surface area contributed by atoms with Crippen LogP contribution in [0.2, 0.25) is 5.02 Å². The molecule has 7 nitrogen and oxygen atoms in total. The fraction of sp³-hybridized carbons (Fsp3) is 0.118. The van der Waals surface area contributed by atoms with E-state index in [1.807, 2.05) is 0 Å². The topological polar surface area (TPSA) is 102 Å². The zero-order chi connectivity index (χ0) is 19.4. The van der Waals surface area contributed by atoms with Gasteiger partial charge in [-0.05, 0) is 48.5 Å². The molecule has 0 unspecified atom stereocenters. The van der Waals surface area contributed by atoms with Crippen molar-refractivity contribution in [1.82, 2.24) is 10.2 Å². The molecule has 2 aromatic carbocycles. The summed E-state index contributed by atoms with van der Waals surface area (Å²) in [5.41, 5.74) is 0.617. The minimum Gasteiger partial charge on any atom is -0.403 e. The number of sulfone groups is 1. The first-order valence-corrected chi connectivity index (χ1v) is 9.74. The van der Waals surface area contributed by atoms with Crippen molar-refractivity contribution < 1.29 is 22.0 Å². The fourth-order valence-electron chi connectivity index (χ4n) is 2.15. The molecule has 0 aliphatic carbocycles. The van der Waals surface area contributed by atoms with Crippen molar-refractivity contribution in [3.05, 3.63) is 59.4 Å². The number of amides is 1. The fourth-order valence-corrected chi connectivity index (χ4v) is 3.52. The highest BCUT2D eigenvalue weighted by molar-refractivity contribution is 7.91. The number of carbonyl (C=O) groups is 1. The van der Waals surface area contributed by atoms with Crippen molar-refractivity contribution in [2.75, 3.05) is 11.1 Å². The molecule has 1 amide bonds. The molecule has 27 heavy (non-hydrogen) atoms. The second kappa shape index (κ2) is 7.85. The lowest BCUT2D eigenvalue weighted by molar-refractivity contribution is -0.115. The van der Waals surface area contributed by atoms with Crippen LogP contribution in [-0.4, -0.2) is 30.3 Å². The number of hydrogen-bond donors (Lipinski definition) is 1. The van der Waals surface area contributed by atoms with Crippen LogP contribution in [0.3, 0.4) is 0 Å². The summed E-state index contributed by atoms with van der Waals surface area (Å²) in [5, 5.41) is 10.4. The van der Waals surface area contributed by atoms with E-state index in [0.717, 1.165) is 24.3 Å². The molecule has 3 rings (SSSR count). The zero-order valence-corrected chi connectivity index (χ0v) is 15.3. The van der Waals surface area contributed by atoms with Gasteiger partial charge >= 0.3 is 6.01 Å². The van der Waals surface area contributed by atoms with Crippen LogP contribution >= 0.6 is 11.6 Å². The van der Waals surface area contributed by atoms with Gasteiger partial charge in [-0.2, -0.15) is 0 Å². The van der Waals surface area contributed by atoms with Gasteiger partial charge in [0.1, 0.15) is 5.82 Å². The smallest absolute Gasteiger partial charge is 0.322 e. The lowest BCUT2D eigenvalue weighted by Gasteiger charge is -2.04. The molecular weight excluding hydrogens is 397 g/mol. The lowest BCUT2D eigenvalue weighted by Crippen LogP contribution is -2.17. The first kappa shape index (κ1) is 19.0. The highest BCUT2D eigenvalue weighted by atomic mass is 35.5. The molecule has 140 valence electrons. The van der Waals surface area contributed by atoms with E-state index in [-0.39, 0.29) is 23.2 Å². The van der Waals surface area contributed by atoms with Gasteiger partial charge in [0.25, 0.3) is 0 Å². The summed E-state index contributed by atoms with van der Waals surface area (Å²) < 4.78 is 42.5. The number of rotatable bonds is 6. The van der Waals surface area contributed by atoms with E-state index in [2.05, 4.69) is 15.5 Å². The van der Waals surface area contributed by atoms with Crippen LogP contribution in [0.5, 0.6) is 0 Å². The monoisotopic (exact) mass is 409 g/mol. The van der Waals surface area contributed by atoms with E-state index >= 15 is 0 Å². The van der Waals surface area contributed by atoms with E-state index in [4.69, 9.17) is 16.0 Å². The van der Waals surface area contributed by atoms with E-state index < -0.39 is 27.3 Å². The number of aromatic nitrogens is 2. The number of halogens is 2. The number of carbonyl (C=O) groups excluding carboxylic acids is 1. The first-order valence-electron chi connectivity index (χ1n) is 7.71. The predicted octanol–water partition coefficient (Wildman–Crippen LogP) is 3.33. The van der Waals surface area contributed by atoms with Crippen molar-refractivity contribution in [2.45, 2.75) is 11.3 Å². The first-order chi connectivity index (χ1) is 12.8. The van der Waals surface area contributed by atoms with Gasteiger partial charge in [0.15, 0.2) is 9.84 Å². The van der Waals surface area contributed by atoms with E-state index in [1.165, 1.54) is 0 Å². The van der Waals surface area contributed by atoms with Gasteiger partial charge in [-0.1, -0.05) is 16.7 Å². The number of nitrogens with one attached hydrogen (secondary N) is 1. The molecule has 3 aromatic rings. The van der Waals surface area contributed by atoms with Crippen molar-refractivity contribution in [3.8, 4) is 11.5 Å². The minimum atomic E-state index is -3.71. The van der Waals surface area contributed by atoms with Crippen LogP contribution in [0.1, 0.15) is 6.42 Å². The molecule has 0 saturated carbocycles. The third-order valence-electron chi connectivity index (χ3n) is 3.53. The second-order valence-corrected chi connectivity index (χ2v) is 8.04. The molecule has 0 radical (unpaired) electrons. The molecule has 0 spiro atoms. The highest BCUT2D eigenvalue weighted by Gasteiger charge is 2.18. The number of anilines is 1. The summed E-state index contributed by atoms with van der Waals surface area (Å²) in [5.74, 6) is -1.41. The lowest BCUT2D eigenvalue weighted by atomic mass is 10.2. The standard InChI is InChI=1S/C17H13ClFN3O4S/c18-12-3-1-11(2-4-12)16-21-22-17(26-16)20-15(23)9-10-27(24,25)14-7-5-13(19)6-8-14/h1-8H,9-10H2,(H,20,22,23). The Labute approximate surface area is 159 Å². The van der Waals surface area contributed by atoms with Crippen molar-refractivity contribution in [1.29, 1.82) is 0 Å². The zero-order valence-electron chi connectivity index (χ0n) is 13.7. The van der Waals surface area contributed by atoms with Crippen LogP contribution in [0.4, 0.5) is 10.4 Å². The Morgan fingerprint density at radius 3 is 2.41 bits per heavy atom. The highest BCUT2D eigenvalue weighted by Crippen LogP contribution is 2.22. The van der Waals surface area contributed by atoms with Crippen molar-refractivity contribution in [2.24, 2.45) is 0 Å². The van der Waals surface area contributed by atoms with Gasteiger partial charge in [-0.3, -0.25) is 10.1 Å². The van der Waals surface area contributed by atoms with Gasteiger partial charge in [-0.25, -0.2) is 12.8 Å². The summed E-state index contributed by atoms with van der Waals surface area (Å²) in [6.07, 6.45) is -0.321. The summed E-state index contributed by atoms with van der Waals surface area (Å²) in [6, 6.07) is 10.9. The molecule has 0 atom stereocenters. The van der Waals surface area contributed by atoms with Gasteiger partial charge in [-0.15, -0.1) is 5.10 Å². The number of nitrogens with zero attached hydrogens (tertiary/aromatic N) is 2. The number of hydrogen-bond acceptors (Lipinski definition) is 6. The Morgan fingerprint density at radius 1 is 1.07 bits per heavy atom. The Kier molecular flexibility index (Phi) is 5.52. The van der Waals surface area contributed by atoms with Gasteiger partial charge < -0.3 is 4.42 Å². The van der Waals surface area contributed by atoms with Gasteiger partial charge in [0, 0.05) is 17.0 Å². The van der Waals surface area contributed by atoms with E-state index in [1.54, 1.807) is 24.3 Å². The molecule has 0 aliphatic heterocycles. The molecule has 1 aromatic heterocycles. The van der Waals surface area contributed by atoms with Crippen LogP contribution in [0.25, 0.3) is 11.5 Å². The number of benzene rings is 2. The summed E-state index contributed by atoms with van der Waals surface area (Å²) >= 11 is 5.81. The Morgan fingerprint density at radius 2 is 1.74 bits per heavy atom. The average Bonchev–Trinajstić information content (AvgIpc) is 3.09. The third kappa shape index (κ3) is 4.89. The molecule has 0 fully saturated rings. The Balaban J connectivity index is 1.59. The molecular formula is C17H13ClFN3O4S. The van der Waals surface area contributed by atoms with Gasteiger partial charge in [0.2, 0.25) is 11.8 Å². The SMILES string of the molecule is O=C(CCS(=O)(=O)c1ccc(F)cc1)Nc1nnc(-c2ccc(Cl)cc2)o1. The normalized spacial score (nSPS) is 11.3. The van der Waals surface area contributed by atoms with E-state index in [9.17, 15) is 17.6 Å². The van der Waals surface area contributed by atoms with Crippen LogP contribution < -0.4 is 5.32 Å². The summed E-state index contributed by atoms with van der Waals surface area (Å²) in [4.78, 5) is 11.9. The minimum absolute atomic E-state index is 0.0560. The molecule has 1 N–H and O–H groups in total. The maximum absolute atomic E-state index is 12.9. The second-order valence-electron chi connectivity index (χ2n) is 5.49. The van der Waals surface area contributed by atoms with Crippen molar-refractivity contribution >= 4 is 33.4 Å². The van der Waals surface area contributed by atoms with Gasteiger partial charge in [0.05, 0.1) is 10.6 Å². The largest absolute Gasteiger partial charge is 0.403 e. The van der Waals surface area contributed by atoms with Crippen LogP contribution in [0, 0.1) is 5.82 Å². The molecule has 0 aliphatic rings. The third-order valence-corrected chi connectivity index (χ3v) is 5.52. The Bertz CT molecular complexity index is 1050. The molecule has 10 heteroatoms. The molecule has 0 bridgehead atoms. The molecule has 0 saturated heterocycles. The molecule has 1 heterocycles. The average molecular weight is 410 g/mol. The summed E-state index contributed by atoms with van der Waals surface area (Å²) in [7, 11) is -3.71. The Hall–Kier alpha value is -2.78. The van der Waals surface area contributed by atoms with E-state index in [0.29, 0.717) is 10.6 Å². The summed E-state index contributed by atoms with van der Waals surface area (Å²) in [6.45, 7) is 0. The van der Waals surface area contributed by atoms with Crippen LogP contribution in [0.15, 0.2) is 57.8 Å². The maximum Gasteiger partial charge on any atom is 0.322 e. The van der Waals surface area contributed by atoms with Crippen LogP contribution in [-0.2, 0) is 14.6 Å². The maximum atomic E-state index is 12.9.